The minimum atomic E-state index is -0.240. The van der Waals surface area contributed by atoms with Crippen molar-refractivity contribution in [1.29, 1.82) is 0 Å². The number of rotatable bonds is 3. The minimum absolute atomic E-state index is 0.0304. The molecule has 0 atom stereocenters. The second-order valence-electron chi connectivity index (χ2n) is 4.52. The van der Waals surface area contributed by atoms with Gasteiger partial charge >= 0.3 is 0 Å². The third-order valence-corrected chi connectivity index (χ3v) is 3.31. The zero-order valence-corrected chi connectivity index (χ0v) is 11.6. The van der Waals surface area contributed by atoms with Gasteiger partial charge in [-0.05, 0) is 30.3 Å². The first-order valence-corrected chi connectivity index (χ1v) is 6.63. The lowest BCUT2D eigenvalue weighted by atomic mass is 10.1. The number of aromatic hydroxyl groups is 1. The first-order valence-electron chi connectivity index (χ1n) is 6.25. The SMILES string of the molecule is O=C(Cc1noc2ccccc12)Nc1ccc(O)c(Cl)c1. The molecular weight excluding hydrogens is 292 g/mol. The Morgan fingerprint density at radius 3 is 2.90 bits per heavy atom. The first kappa shape index (κ1) is 13.5. The molecule has 0 unspecified atom stereocenters. The third kappa shape index (κ3) is 2.83. The quantitative estimate of drug-likeness (QED) is 0.727. The highest BCUT2D eigenvalue weighted by molar-refractivity contribution is 6.32. The van der Waals surface area contributed by atoms with Crippen LogP contribution in [-0.2, 0) is 11.2 Å². The number of carbonyl (C=O) groups is 1. The van der Waals surface area contributed by atoms with E-state index in [-0.39, 0.29) is 23.1 Å². The molecule has 0 aliphatic carbocycles. The number of anilines is 1. The molecule has 1 heterocycles. The maximum atomic E-state index is 12.0. The van der Waals surface area contributed by atoms with Crippen LogP contribution in [0, 0.1) is 0 Å². The number of benzene rings is 2. The van der Waals surface area contributed by atoms with Crippen LogP contribution < -0.4 is 5.32 Å². The summed E-state index contributed by atoms with van der Waals surface area (Å²) in [6.07, 6.45) is 0.0928. The number of aromatic nitrogens is 1. The van der Waals surface area contributed by atoms with Gasteiger partial charge in [-0.15, -0.1) is 0 Å². The number of halogens is 1. The summed E-state index contributed by atoms with van der Waals surface area (Å²) in [5.74, 6) is -0.270. The molecule has 2 aromatic carbocycles. The van der Waals surface area contributed by atoms with Crippen molar-refractivity contribution in [2.24, 2.45) is 0 Å². The molecular formula is C15H11ClN2O3. The van der Waals surface area contributed by atoms with Gasteiger partial charge in [-0.25, -0.2) is 0 Å². The second kappa shape index (κ2) is 5.46. The molecule has 0 radical (unpaired) electrons. The fraction of sp³-hybridized carbons (Fsp3) is 0.0667. The lowest BCUT2D eigenvalue weighted by Gasteiger charge is -2.05. The Morgan fingerprint density at radius 2 is 2.10 bits per heavy atom. The van der Waals surface area contributed by atoms with Crippen molar-refractivity contribution in [2.75, 3.05) is 5.32 Å². The van der Waals surface area contributed by atoms with Crippen molar-refractivity contribution >= 4 is 34.2 Å². The Bertz CT molecular complexity index is 814. The van der Waals surface area contributed by atoms with E-state index in [1.165, 1.54) is 12.1 Å². The van der Waals surface area contributed by atoms with Gasteiger partial charge in [-0.2, -0.15) is 0 Å². The molecule has 1 amide bonds. The van der Waals surface area contributed by atoms with Crippen LogP contribution in [0.3, 0.4) is 0 Å². The van der Waals surface area contributed by atoms with Crippen molar-refractivity contribution in [3.05, 3.63) is 53.2 Å². The molecule has 0 aliphatic rings. The molecule has 106 valence electrons. The summed E-state index contributed by atoms with van der Waals surface area (Å²) in [4.78, 5) is 12.0. The number of fused-ring (bicyclic) bond motifs is 1. The Balaban J connectivity index is 1.75. The topological polar surface area (TPSA) is 75.4 Å². The number of nitrogens with zero attached hydrogens (tertiary/aromatic N) is 1. The average Bonchev–Trinajstić information content (AvgIpc) is 2.86. The van der Waals surface area contributed by atoms with Crippen LogP contribution in [0.4, 0.5) is 5.69 Å². The van der Waals surface area contributed by atoms with E-state index in [9.17, 15) is 9.90 Å². The van der Waals surface area contributed by atoms with E-state index >= 15 is 0 Å². The van der Waals surface area contributed by atoms with Crippen LogP contribution in [0.15, 0.2) is 47.0 Å². The van der Waals surface area contributed by atoms with Crippen LogP contribution in [0.1, 0.15) is 5.69 Å². The monoisotopic (exact) mass is 302 g/mol. The van der Waals surface area contributed by atoms with E-state index in [0.717, 1.165) is 5.39 Å². The van der Waals surface area contributed by atoms with Crippen LogP contribution in [0.25, 0.3) is 11.0 Å². The predicted octanol–water partition coefficient (Wildman–Crippen LogP) is 3.37. The molecule has 21 heavy (non-hydrogen) atoms. The molecule has 0 spiro atoms. The summed E-state index contributed by atoms with van der Waals surface area (Å²) in [7, 11) is 0. The van der Waals surface area contributed by atoms with E-state index in [1.54, 1.807) is 12.1 Å². The molecule has 0 saturated heterocycles. The standard InChI is InChI=1S/C15H11ClN2O3/c16-11-7-9(5-6-13(11)19)17-15(20)8-12-10-3-1-2-4-14(10)21-18-12/h1-7,19H,8H2,(H,17,20). The van der Waals surface area contributed by atoms with Crippen LogP contribution in [-0.4, -0.2) is 16.2 Å². The molecule has 3 aromatic rings. The molecule has 0 aliphatic heterocycles. The van der Waals surface area contributed by atoms with Crippen LogP contribution in [0.5, 0.6) is 5.75 Å². The van der Waals surface area contributed by atoms with Gasteiger partial charge in [0.1, 0.15) is 11.4 Å². The fourth-order valence-corrected chi connectivity index (χ4v) is 2.19. The smallest absolute Gasteiger partial charge is 0.230 e. The minimum Gasteiger partial charge on any atom is -0.506 e. The number of phenols is 1. The highest BCUT2D eigenvalue weighted by Gasteiger charge is 2.12. The van der Waals surface area contributed by atoms with E-state index in [1.807, 2.05) is 18.2 Å². The Hall–Kier alpha value is -2.53. The normalized spacial score (nSPS) is 10.7. The summed E-state index contributed by atoms with van der Waals surface area (Å²) in [6.45, 7) is 0. The average molecular weight is 303 g/mol. The number of carbonyl (C=O) groups excluding carboxylic acids is 1. The highest BCUT2D eigenvalue weighted by Crippen LogP contribution is 2.26. The number of amides is 1. The van der Waals surface area contributed by atoms with Gasteiger partial charge in [0.15, 0.2) is 5.58 Å². The van der Waals surface area contributed by atoms with Gasteiger partial charge in [0.2, 0.25) is 5.91 Å². The molecule has 1 aromatic heterocycles. The summed E-state index contributed by atoms with van der Waals surface area (Å²) in [5, 5.41) is 16.9. The van der Waals surface area contributed by atoms with Gasteiger partial charge in [-0.3, -0.25) is 4.79 Å². The van der Waals surface area contributed by atoms with E-state index in [2.05, 4.69) is 10.5 Å². The first-order chi connectivity index (χ1) is 10.1. The lowest BCUT2D eigenvalue weighted by Crippen LogP contribution is -2.14. The van der Waals surface area contributed by atoms with Crippen molar-refractivity contribution in [2.45, 2.75) is 6.42 Å². The van der Waals surface area contributed by atoms with E-state index in [0.29, 0.717) is 17.0 Å². The van der Waals surface area contributed by atoms with Gasteiger partial charge < -0.3 is 14.9 Å². The third-order valence-electron chi connectivity index (χ3n) is 3.01. The Kier molecular flexibility index (Phi) is 3.50. The maximum Gasteiger partial charge on any atom is 0.230 e. The number of hydrogen-bond donors (Lipinski definition) is 2. The van der Waals surface area contributed by atoms with Gasteiger partial charge in [0, 0.05) is 11.1 Å². The van der Waals surface area contributed by atoms with Crippen LogP contribution >= 0.6 is 11.6 Å². The number of para-hydroxylation sites is 1. The van der Waals surface area contributed by atoms with E-state index < -0.39 is 0 Å². The summed E-state index contributed by atoms with van der Waals surface area (Å²) in [6, 6.07) is 11.8. The molecule has 0 saturated carbocycles. The molecule has 0 fully saturated rings. The predicted molar refractivity (Wildman–Crippen MR) is 79.5 cm³/mol. The van der Waals surface area contributed by atoms with Crippen molar-refractivity contribution in [3.63, 3.8) is 0 Å². The zero-order chi connectivity index (χ0) is 14.8. The Labute approximate surface area is 125 Å². The molecule has 6 heteroatoms. The maximum absolute atomic E-state index is 12.0. The van der Waals surface area contributed by atoms with Crippen molar-refractivity contribution in [3.8, 4) is 5.75 Å². The van der Waals surface area contributed by atoms with Crippen LogP contribution in [0.2, 0.25) is 5.02 Å². The largest absolute Gasteiger partial charge is 0.506 e. The summed E-state index contributed by atoms with van der Waals surface area (Å²) < 4.78 is 5.15. The van der Waals surface area contributed by atoms with Crippen molar-refractivity contribution < 1.29 is 14.4 Å². The molecule has 2 N–H and O–H groups in total. The summed E-state index contributed by atoms with van der Waals surface area (Å²) >= 11 is 5.79. The summed E-state index contributed by atoms with van der Waals surface area (Å²) in [5.41, 5.74) is 1.73. The second-order valence-corrected chi connectivity index (χ2v) is 4.92. The Morgan fingerprint density at radius 1 is 1.29 bits per heavy atom. The lowest BCUT2D eigenvalue weighted by molar-refractivity contribution is -0.115. The molecule has 5 nitrogen and oxygen atoms in total. The number of phenolic OH excluding ortho intramolecular Hbond substituents is 1. The van der Waals surface area contributed by atoms with Gasteiger partial charge in [0.25, 0.3) is 0 Å². The van der Waals surface area contributed by atoms with E-state index in [4.69, 9.17) is 16.1 Å². The molecule has 3 rings (SSSR count). The zero-order valence-electron chi connectivity index (χ0n) is 10.8. The highest BCUT2D eigenvalue weighted by atomic mass is 35.5. The molecule has 0 bridgehead atoms. The van der Waals surface area contributed by atoms with Gasteiger partial charge in [0.05, 0.1) is 11.4 Å². The number of nitrogens with one attached hydrogen (secondary N) is 1. The fourth-order valence-electron chi connectivity index (χ4n) is 2.01. The number of hydrogen-bond acceptors (Lipinski definition) is 4. The van der Waals surface area contributed by atoms with Gasteiger partial charge in [-0.1, -0.05) is 28.9 Å². The van der Waals surface area contributed by atoms with Crippen molar-refractivity contribution in [1.82, 2.24) is 5.16 Å².